The van der Waals surface area contributed by atoms with Gasteiger partial charge in [-0.3, -0.25) is 0 Å². The number of halogens is 1. The van der Waals surface area contributed by atoms with Crippen LogP contribution in [-0.4, -0.2) is 11.1 Å². The van der Waals surface area contributed by atoms with Gasteiger partial charge in [-0.2, -0.15) is 4.39 Å². The monoisotopic (exact) mass is 172 g/mol. The molecule has 11 heavy (non-hydrogen) atoms. The number of carbonyl (C=O) groups is 1. The minimum Gasteiger partial charge on any atom is -0.478 e. The molecule has 4 heteroatoms. The van der Waals surface area contributed by atoms with Crippen LogP contribution in [0, 0.1) is 5.13 Å². The lowest BCUT2D eigenvalue weighted by Crippen LogP contribution is -1.84. The van der Waals surface area contributed by atoms with Crippen molar-refractivity contribution in [2.45, 2.75) is 0 Å². The van der Waals surface area contributed by atoms with Gasteiger partial charge in [-0.25, -0.2) is 4.79 Å². The molecule has 1 N–H and O–H groups in total. The molecule has 0 saturated heterocycles. The third-order valence-corrected chi connectivity index (χ3v) is 1.82. The van der Waals surface area contributed by atoms with Gasteiger partial charge in [0.1, 0.15) is 0 Å². The molecular weight excluding hydrogens is 167 g/mol. The minimum atomic E-state index is -1.03. The number of hydrogen-bond acceptors (Lipinski definition) is 2. The van der Waals surface area contributed by atoms with Gasteiger partial charge in [-0.15, -0.1) is 11.3 Å². The van der Waals surface area contributed by atoms with Crippen LogP contribution in [0.4, 0.5) is 4.39 Å². The van der Waals surface area contributed by atoms with E-state index >= 15 is 0 Å². The molecule has 0 unspecified atom stereocenters. The average Bonchev–Trinajstić information content (AvgIpc) is 2.31. The van der Waals surface area contributed by atoms with Gasteiger partial charge >= 0.3 is 5.97 Å². The summed E-state index contributed by atoms with van der Waals surface area (Å²) < 4.78 is 12.3. The van der Waals surface area contributed by atoms with Crippen molar-refractivity contribution in [2.24, 2.45) is 0 Å². The summed E-state index contributed by atoms with van der Waals surface area (Å²) in [6, 6.07) is 2.83. The molecule has 0 fully saturated rings. The van der Waals surface area contributed by atoms with Crippen molar-refractivity contribution in [1.29, 1.82) is 0 Å². The van der Waals surface area contributed by atoms with Crippen LogP contribution < -0.4 is 0 Å². The Balaban J connectivity index is 2.71. The predicted octanol–water partition coefficient (Wildman–Crippen LogP) is 1.99. The highest BCUT2D eigenvalue weighted by Crippen LogP contribution is 2.15. The Hall–Kier alpha value is -1.16. The van der Waals surface area contributed by atoms with Crippen LogP contribution in [-0.2, 0) is 4.79 Å². The largest absolute Gasteiger partial charge is 0.478 e. The van der Waals surface area contributed by atoms with Crippen LogP contribution in [0.1, 0.15) is 4.88 Å². The molecule has 0 aliphatic heterocycles. The fraction of sp³-hybridized carbons (Fsp3) is 0. The van der Waals surface area contributed by atoms with Crippen molar-refractivity contribution in [2.75, 3.05) is 0 Å². The highest BCUT2D eigenvalue weighted by atomic mass is 32.1. The molecule has 58 valence electrons. The van der Waals surface area contributed by atoms with E-state index in [0.29, 0.717) is 4.88 Å². The first-order valence-electron chi connectivity index (χ1n) is 2.85. The zero-order valence-electron chi connectivity index (χ0n) is 5.45. The third-order valence-electron chi connectivity index (χ3n) is 0.984. The maximum Gasteiger partial charge on any atom is 0.328 e. The molecule has 0 radical (unpaired) electrons. The van der Waals surface area contributed by atoms with Crippen LogP contribution in [0.2, 0.25) is 0 Å². The fourth-order valence-electron chi connectivity index (χ4n) is 0.571. The van der Waals surface area contributed by atoms with Crippen LogP contribution in [0.5, 0.6) is 0 Å². The smallest absolute Gasteiger partial charge is 0.328 e. The van der Waals surface area contributed by atoms with E-state index in [0.717, 1.165) is 17.4 Å². The van der Waals surface area contributed by atoms with Gasteiger partial charge in [0.05, 0.1) is 0 Å². The molecule has 2 nitrogen and oxygen atoms in total. The maximum atomic E-state index is 12.3. The number of aliphatic carboxylic acids is 1. The van der Waals surface area contributed by atoms with E-state index in [1.807, 2.05) is 0 Å². The first-order chi connectivity index (χ1) is 5.18. The van der Waals surface area contributed by atoms with Gasteiger partial charge in [-0.05, 0) is 18.2 Å². The average molecular weight is 172 g/mol. The van der Waals surface area contributed by atoms with Crippen LogP contribution in [0.25, 0.3) is 6.08 Å². The van der Waals surface area contributed by atoms with Crippen molar-refractivity contribution in [3.8, 4) is 0 Å². The quantitative estimate of drug-likeness (QED) is 0.692. The van der Waals surface area contributed by atoms with Gasteiger partial charge in [0.25, 0.3) is 0 Å². The number of carboxylic acid groups (broad SMARTS) is 1. The molecule has 1 rings (SSSR count). The molecule has 1 aromatic rings. The first-order valence-corrected chi connectivity index (χ1v) is 3.66. The lowest BCUT2D eigenvalue weighted by atomic mass is 10.4. The molecular formula is C7H5FO2S. The first kappa shape index (κ1) is 7.94. The molecule has 0 bridgehead atoms. The van der Waals surface area contributed by atoms with Crippen LogP contribution >= 0.6 is 11.3 Å². The summed E-state index contributed by atoms with van der Waals surface area (Å²) in [7, 11) is 0. The summed E-state index contributed by atoms with van der Waals surface area (Å²) >= 11 is 0.913. The number of carboxylic acids is 1. The van der Waals surface area contributed by atoms with E-state index in [2.05, 4.69) is 0 Å². The summed E-state index contributed by atoms with van der Waals surface area (Å²) in [6.07, 6.45) is 2.33. The van der Waals surface area contributed by atoms with Gasteiger partial charge in [0.2, 0.25) is 0 Å². The SMILES string of the molecule is O=C(O)/C=C/c1ccc(F)s1. The highest BCUT2D eigenvalue weighted by molar-refractivity contribution is 7.11. The number of hydrogen-bond donors (Lipinski definition) is 1. The molecule has 0 saturated carbocycles. The molecule has 0 amide bonds. The summed E-state index contributed by atoms with van der Waals surface area (Å²) in [5.41, 5.74) is 0. The normalized spacial score (nSPS) is 10.6. The summed E-state index contributed by atoms with van der Waals surface area (Å²) in [4.78, 5) is 10.6. The molecule has 1 aromatic heterocycles. The highest BCUT2D eigenvalue weighted by Gasteiger charge is 1.94. The Morgan fingerprint density at radius 1 is 1.64 bits per heavy atom. The van der Waals surface area contributed by atoms with Crippen LogP contribution in [0.3, 0.4) is 0 Å². The summed E-state index contributed by atoms with van der Waals surface area (Å²) in [5, 5.41) is 7.90. The van der Waals surface area contributed by atoms with Crippen molar-refractivity contribution in [1.82, 2.24) is 0 Å². The Bertz CT molecular complexity index is 290. The van der Waals surface area contributed by atoms with Crippen LogP contribution in [0.15, 0.2) is 18.2 Å². The van der Waals surface area contributed by atoms with E-state index in [4.69, 9.17) is 5.11 Å². The maximum absolute atomic E-state index is 12.3. The Morgan fingerprint density at radius 2 is 2.36 bits per heavy atom. The molecule has 0 spiro atoms. The topological polar surface area (TPSA) is 37.3 Å². The molecule has 1 heterocycles. The van der Waals surface area contributed by atoms with E-state index in [1.165, 1.54) is 18.2 Å². The lowest BCUT2D eigenvalue weighted by Gasteiger charge is -1.79. The van der Waals surface area contributed by atoms with Crippen molar-refractivity contribution < 1.29 is 14.3 Å². The fourth-order valence-corrected chi connectivity index (χ4v) is 1.20. The summed E-state index contributed by atoms with van der Waals surface area (Å²) in [5.74, 6) is -1.03. The second kappa shape index (κ2) is 3.30. The van der Waals surface area contributed by atoms with Gasteiger partial charge in [0, 0.05) is 11.0 Å². The van der Waals surface area contributed by atoms with Gasteiger partial charge < -0.3 is 5.11 Å². The van der Waals surface area contributed by atoms with Crippen molar-refractivity contribution in [3.63, 3.8) is 0 Å². The second-order valence-electron chi connectivity index (χ2n) is 1.81. The number of thiophene rings is 1. The zero-order valence-corrected chi connectivity index (χ0v) is 6.27. The van der Waals surface area contributed by atoms with Gasteiger partial charge in [0.15, 0.2) is 5.13 Å². The van der Waals surface area contributed by atoms with Crippen molar-refractivity contribution in [3.05, 3.63) is 28.2 Å². The third kappa shape index (κ3) is 2.51. The number of rotatable bonds is 2. The van der Waals surface area contributed by atoms with E-state index < -0.39 is 5.97 Å². The Morgan fingerprint density at radius 3 is 2.82 bits per heavy atom. The lowest BCUT2D eigenvalue weighted by molar-refractivity contribution is -0.131. The Kier molecular flexibility index (Phi) is 2.38. The second-order valence-corrected chi connectivity index (χ2v) is 2.88. The predicted molar refractivity (Wildman–Crippen MR) is 40.9 cm³/mol. The standard InChI is InChI=1S/C7H5FO2S/c8-6-3-1-5(11-6)2-4-7(9)10/h1-4H,(H,9,10)/b4-2+. The summed E-state index contributed by atoms with van der Waals surface area (Å²) in [6.45, 7) is 0. The Labute approximate surface area is 66.6 Å². The van der Waals surface area contributed by atoms with Crippen molar-refractivity contribution >= 4 is 23.4 Å². The van der Waals surface area contributed by atoms with E-state index in [-0.39, 0.29) is 5.13 Å². The molecule has 0 aromatic carbocycles. The van der Waals surface area contributed by atoms with Gasteiger partial charge in [-0.1, -0.05) is 0 Å². The minimum absolute atomic E-state index is 0.310. The van der Waals surface area contributed by atoms with E-state index in [1.54, 1.807) is 0 Å². The van der Waals surface area contributed by atoms with E-state index in [9.17, 15) is 9.18 Å². The zero-order chi connectivity index (χ0) is 8.27. The molecule has 0 atom stereocenters. The molecule has 0 aliphatic rings. The molecule has 0 aliphatic carbocycles.